The summed E-state index contributed by atoms with van der Waals surface area (Å²) in [6.45, 7) is 18.2. The van der Waals surface area contributed by atoms with E-state index in [2.05, 4.69) is 114 Å². The predicted molar refractivity (Wildman–Crippen MR) is 138 cm³/mol. The molecule has 0 N–H and O–H groups in total. The van der Waals surface area contributed by atoms with E-state index < -0.39 is 0 Å². The van der Waals surface area contributed by atoms with Gasteiger partial charge in [0, 0.05) is 12.4 Å². The van der Waals surface area contributed by atoms with Crippen molar-refractivity contribution in [3.63, 3.8) is 0 Å². The normalized spacial score (nSPS) is 14.0. The molecule has 0 fully saturated rings. The third kappa shape index (κ3) is 4.44. The summed E-state index contributed by atoms with van der Waals surface area (Å²) in [4.78, 5) is 4.63. The second-order valence-corrected chi connectivity index (χ2v) is 9.94. The number of ether oxygens (including phenoxy) is 1. The van der Waals surface area contributed by atoms with Crippen molar-refractivity contribution in [2.24, 2.45) is 0 Å². The highest BCUT2D eigenvalue weighted by Gasteiger charge is 2.31. The molecular weight excluding hydrogens is 392 g/mol. The van der Waals surface area contributed by atoms with E-state index in [1.165, 1.54) is 33.6 Å². The maximum absolute atomic E-state index is 5.65. The molecule has 3 rings (SSSR count). The molecule has 2 aromatic rings. The number of methoxy groups -OCH3 is 1. The second-order valence-electron chi connectivity index (χ2n) is 9.94. The summed E-state index contributed by atoms with van der Waals surface area (Å²) in [5.74, 6) is 2.71. The summed E-state index contributed by atoms with van der Waals surface area (Å²) in [5, 5.41) is 0. The molecular formula is C29H40N2O. The number of hydrogen-bond acceptors (Lipinski definition) is 3. The fraction of sp³-hybridized carbons (Fsp3) is 0.448. The minimum Gasteiger partial charge on any atom is -0.501 e. The lowest BCUT2D eigenvalue weighted by Crippen LogP contribution is -2.26. The Balaban J connectivity index is 2.23. The maximum atomic E-state index is 5.65. The summed E-state index contributed by atoms with van der Waals surface area (Å²) in [6, 6.07) is 13.4. The lowest BCUT2D eigenvalue weighted by molar-refractivity contribution is 0.333. The lowest BCUT2D eigenvalue weighted by Gasteiger charge is -2.32. The van der Waals surface area contributed by atoms with E-state index in [0.29, 0.717) is 23.7 Å². The number of hydrogen-bond donors (Lipinski definition) is 0. The Morgan fingerprint density at radius 2 is 0.906 bits per heavy atom. The van der Waals surface area contributed by atoms with Crippen molar-refractivity contribution < 1.29 is 4.74 Å². The van der Waals surface area contributed by atoms with Crippen molar-refractivity contribution in [2.75, 3.05) is 16.9 Å². The Bertz CT molecular complexity index is 870. The van der Waals surface area contributed by atoms with Crippen LogP contribution in [0.2, 0.25) is 0 Å². The molecule has 0 radical (unpaired) electrons. The first-order valence-corrected chi connectivity index (χ1v) is 11.9. The van der Waals surface area contributed by atoms with Gasteiger partial charge in [-0.1, -0.05) is 91.8 Å². The SMILES string of the molecule is COC=C1N(c2c(C(C)C)cccc2C(C)C)C=CN1c1c(C(C)C)cccc1C(C)C. The molecule has 172 valence electrons. The average molecular weight is 433 g/mol. The topological polar surface area (TPSA) is 15.7 Å². The smallest absolute Gasteiger partial charge is 0.157 e. The minimum absolute atomic E-state index is 0.420. The molecule has 0 saturated heterocycles. The van der Waals surface area contributed by atoms with Crippen molar-refractivity contribution in [2.45, 2.75) is 79.1 Å². The van der Waals surface area contributed by atoms with Crippen LogP contribution in [-0.2, 0) is 4.74 Å². The monoisotopic (exact) mass is 432 g/mol. The molecule has 1 aliphatic heterocycles. The number of anilines is 2. The van der Waals surface area contributed by atoms with Crippen LogP contribution in [0.5, 0.6) is 0 Å². The standard InChI is InChI=1S/C29H40N2O/c1-19(2)23-12-10-13-24(20(3)4)28(23)30-16-17-31(27(30)18-32-9)29-25(21(5)6)14-11-15-26(29)22(7)8/h10-22H,1-9H3. The van der Waals surface area contributed by atoms with Crippen LogP contribution in [0.3, 0.4) is 0 Å². The molecule has 3 heteroatoms. The summed E-state index contributed by atoms with van der Waals surface area (Å²) >= 11 is 0. The molecule has 0 unspecified atom stereocenters. The number of rotatable bonds is 7. The van der Waals surface area contributed by atoms with Crippen molar-refractivity contribution in [3.8, 4) is 0 Å². The molecule has 2 aromatic carbocycles. The lowest BCUT2D eigenvalue weighted by atomic mass is 9.91. The van der Waals surface area contributed by atoms with Gasteiger partial charge in [0.15, 0.2) is 5.82 Å². The Labute approximate surface area is 195 Å². The molecule has 32 heavy (non-hydrogen) atoms. The molecule has 0 saturated carbocycles. The van der Waals surface area contributed by atoms with Gasteiger partial charge in [0.25, 0.3) is 0 Å². The van der Waals surface area contributed by atoms with Gasteiger partial charge >= 0.3 is 0 Å². The maximum Gasteiger partial charge on any atom is 0.157 e. The fourth-order valence-corrected chi connectivity index (χ4v) is 4.58. The first kappa shape index (κ1) is 24.0. The molecule has 1 heterocycles. The highest BCUT2D eigenvalue weighted by molar-refractivity contribution is 5.76. The van der Waals surface area contributed by atoms with E-state index in [9.17, 15) is 0 Å². The van der Waals surface area contributed by atoms with Crippen molar-refractivity contribution in [1.82, 2.24) is 0 Å². The van der Waals surface area contributed by atoms with Crippen molar-refractivity contribution in [1.29, 1.82) is 0 Å². The highest BCUT2D eigenvalue weighted by atomic mass is 16.5. The minimum atomic E-state index is 0.420. The zero-order valence-electron chi connectivity index (χ0n) is 21.3. The first-order chi connectivity index (χ1) is 15.2. The second kappa shape index (κ2) is 9.85. The Morgan fingerprint density at radius 1 is 0.594 bits per heavy atom. The van der Waals surface area contributed by atoms with Crippen molar-refractivity contribution in [3.05, 3.63) is 83.1 Å². The van der Waals surface area contributed by atoms with Gasteiger partial charge < -0.3 is 4.74 Å². The van der Waals surface area contributed by atoms with Crippen LogP contribution >= 0.6 is 0 Å². The summed E-state index contributed by atoms with van der Waals surface area (Å²) in [5.41, 5.74) is 7.95. The fourth-order valence-electron chi connectivity index (χ4n) is 4.58. The van der Waals surface area contributed by atoms with E-state index >= 15 is 0 Å². The molecule has 0 spiro atoms. The van der Waals surface area contributed by atoms with Gasteiger partial charge in [0.05, 0.1) is 18.5 Å². The molecule has 0 amide bonds. The van der Waals surface area contributed by atoms with E-state index in [1.54, 1.807) is 7.11 Å². The van der Waals surface area contributed by atoms with Crippen LogP contribution in [0.15, 0.2) is 60.9 Å². The van der Waals surface area contributed by atoms with Gasteiger partial charge in [-0.25, -0.2) is 0 Å². The number of benzene rings is 2. The molecule has 1 aliphatic rings. The van der Waals surface area contributed by atoms with Gasteiger partial charge in [-0.2, -0.15) is 0 Å². The third-order valence-corrected chi connectivity index (χ3v) is 6.25. The van der Waals surface area contributed by atoms with Crippen LogP contribution < -0.4 is 9.80 Å². The molecule has 0 atom stereocenters. The summed E-state index contributed by atoms with van der Waals surface area (Å²) in [7, 11) is 1.73. The van der Waals surface area contributed by atoms with Gasteiger partial charge in [0.1, 0.15) is 6.26 Å². The molecule has 3 nitrogen and oxygen atoms in total. The van der Waals surface area contributed by atoms with E-state index in [0.717, 1.165) is 5.82 Å². The Kier molecular flexibility index (Phi) is 7.38. The van der Waals surface area contributed by atoms with Gasteiger partial charge in [-0.15, -0.1) is 0 Å². The number of para-hydroxylation sites is 2. The van der Waals surface area contributed by atoms with E-state index in [4.69, 9.17) is 4.74 Å². The first-order valence-electron chi connectivity index (χ1n) is 11.9. The number of nitrogens with zero attached hydrogens (tertiary/aromatic N) is 2. The third-order valence-electron chi connectivity index (χ3n) is 6.25. The van der Waals surface area contributed by atoms with E-state index in [-0.39, 0.29) is 0 Å². The quantitative estimate of drug-likeness (QED) is 0.408. The summed E-state index contributed by atoms with van der Waals surface area (Å²) < 4.78 is 5.65. The van der Waals surface area contributed by atoms with Crippen LogP contribution in [-0.4, -0.2) is 7.11 Å². The zero-order valence-corrected chi connectivity index (χ0v) is 21.3. The molecule has 0 aromatic heterocycles. The molecule has 0 bridgehead atoms. The molecule has 0 aliphatic carbocycles. The average Bonchev–Trinajstić information content (AvgIpc) is 3.15. The summed E-state index contributed by atoms with van der Waals surface area (Å²) in [6.07, 6.45) is 6.26. The predicted octanol–water partition coefficient (Wildman–Crippen LogP) is 8.42. The van der Waals surface area contributed by atoms with Crippen LogP contribution in [0, 0.1) is 0 Å². The largest absolute Gasteiger partial charge is 0.501 e. The van der Waals surface area contributed by atoms with E-state index in [1.807, 2.05) is 6.26 Å². The van der Waals surface area contributed by atoms with Crippen molar-refractivity contribution >= 4 is 11.4 Å². The van der Waals surface area contributed by atoms with Crippen LogP contribution in [0.25, 0.3) is 0 Å². The van der Waals surface area contributed by atoms with Crippen LogP contribution in [0.1, 0.15) is 101 Å². The Morgan fingerprint density at radius 3 is 1.16 bits per heavy atom. The van der Waals surface area contributed by atoms with Gasteiger partial charge in [-0.3, -0.25) is 9.80 Å². The van der Waals surface area contributed by atoms with Crippen LogP contribution in [0.4, 0.5) is 11.4 Å². The zero-order chi connectivity index (χ0) is 23.6. The van der Waals surface area contributed by atoms with Gasteiger partial charge in [-0.05, 0) is 45.9 Å². The highest BCUT2D eigenvalue weighted by Crippen LogP contribution is 2.44. The van der Waals surface area contributed by atoms with Gasteiger partial charge in [0.2, 0.25) is 0 Å². The Hall–Kier alpha value is -2.68.